The molecule has 0 bridgehead atoms. The Morgan fingerprint density at radius 3 is 2.47 bits per heavy atom. The van der Waals surface area contributed by atoms with Gasteiger partial charge in [-0.2, -0.15) is 0 Å². The number of hydrogen-bond donors (Lipinski definition) is 2. The summed E-state index contributed by atoms with van der Waals surface area (Å²) in [5.41, 5.74) is -0.279. The Labute approximate surface area is 114 Å². The number of aryl methyl sites for hydroxylation is 1. The first kappa shape index (κ1) is 15.6. The fourth-order valence-electron chi connectivity index (χ4n) is 1.95. The van der Waals surface area contributed by atoms with E-state index in [0.29, 0.717) is 18.7 Å². The zero-order valence-corrected chi connectivity index (χ0v) is 12.0. The van der Waals surface area contributed by atoms with Crippen LogP contribution in [0.2, 0.25) is 0 Å². The highest BCUT2D eigenvalue weighted by molar-refractivity contribution is 5.53. The predicted molar refractivity (Wildman–Crippen MR) is 77.9 cm³/mol. The Morgan fingerprint density at radius 2 is 1.84 bits per heavy atom. The first-order chi connectivity index (χ1) is 9.19. The minimum atomic E-state index is -0.469. The summed E-state index contributed by atoms with van der Waals surface area (Å²) in [7, 11) is 0. The Morgan fingerprint density at radius 1 is 1.16 bits per heavy atom. The molecular formula is C15H25NO3. The van der Waals surface area contributed by atoms with Crippen LogP contribution in [-0.4, -0.2) is 11.7 Å². The van der Waals surface area contributed by atoms with Crippen molar-refractivity contribution in [1.82, 2.24) is 0 Å². The van der Waals surface area contributed by atoms with Crippen LogP contribution in [0.25, 0.3) is 0 Å². The van der Waals surface area contributed by atoms with E-state index in [4.69, 9.17) is 4.42 Å². The molecule has 1 rings (SSSR count). The predicted octanol–water partition coefficient (Wildman–Crippen LogP) is 3.68. The molecule has 1 aromatic heterocycles. The molecular weight excluding hydrogens is 242 g/mol. The smallest absolute Gasteiger partial charge is 0.363 e. The Balaban J connectivity index is 2.61. The molecule has 1 heterocycles. The van der Waals surface area contributed by atoms with E-state index in [0.717, 1.165) is 38.5 Å². The quantitative estimate of drug-likeness (QED) is 0.670. The Bertz CT molecular complexity index is 426. The summed E-state index contributed by atoms with van der Waals surface area (Å²) < 4.78 is 5.21. The molecule has 0 atom stereocenters. The molecule has 4 heteroatoms. The van der Waals surface area contributed by atoms with Crippen molar-refractivity contribution < 1.29 is 9.52 Å². The van der Waals surface area contributed by atoms with E-state index in [1.165, 1.54) is 0 Å². The SMILES string of the molecule is CCCCCNc1c(O)cc(CCCCC)oc1=O. The van der Waals surface area contributed by atoms with Gasteiger partial charge in [0.2, 0.25) is 0 Å². The van der Waals surface area contributed by atoms with Crippen LogP contribution in [0.1, 0.15) is 58.1 Å². The van der Waals surface area contributed by atoms with Crippen LogP contribution in [0.4, 0.5) is 5.69 Å². The summed E-state index contributed by atoms with van der Waals surface area (Å²) >= 11 is 0. The van der Waals surface area contributed by atoms with E-state index in [1.807, 2.05) is 0 Å². The number of hydrogen-bond acceptors (Lipinski definition) is 4. The second kappa shape index (κ2) is 8.62. The number of rotatable bonds is 9. The highest BCUT2D eigenvalue weighted by atomic mass is 16.4. The van der Waals surface area contributed by atoms with E-state index >= 15 is 0 Å². The number of nitrogens with one attached hydrogen (secondary N) is 1. The first-order valence-electron chi connectivity index (χ1n) is 7.28. The maximum Gasteiger partial charge on any atom is 0.363 e. The molecule has 2 N–H and O–H groups in total. The maximum atomic E-state index is 11.8. The summed E-state index contributed by atoms with van der Waals surface area (Å²) in [4.78, 5) is 11.8. The summed E-state index contributed by atoms with van der Waals surface area (Å²) in [6, 6.07) is 1.55. The van der Waals surface area contributed by atoms with E-state index < -0.39 is 5.63 Å². The van der Waals surface area contributed by atoms with Crippen LogP contribution in [0.15, 0.2) is 15.3 Å². The van der Waals surface area contributed by atoms with Gasteiger partial charge in [0.05, 0.1) is 0 Å². The van der Waals surface area contributed by atoms with E-state index in [-0.39, 0.29) is 11.4 Å². The highest BCUT2D eigenvalue weighted by Gasteiger charge is 2.10. The van der Waals surface area contributed by atoms with Crippen molar-refractivity contribution in [2.45, 2.75) is 58.8 Å². The molecule has 0 amide bonds. The molecule has 4 nitrogen and oxygen atoms in total. The zero-order valence-electron chi connectivity index (χ0n) is 12.0. The van der Waals surface area contributed by atoms with E-state index in [2.05, 4.69) is 19.2 Å². The third-order valence-corrected chi connectivity index (χ3v) is 3.09. The van der Waals surface area contributed by atoms with Crippen LogP contribution in [0, 0.1) is 0 Å². The molecule has 0 aliphatic carbocycles. The zero-order chi connectivity index (χ0) is 14.1. The monoisotopic (exact) mass is 267 g/mol. The lowest BCUT2D eigenvalue weighted by atomic mass is 10.1. The van der Waals surface area contributed by atoms with Crippen LogP contribution >= 0.6 is 0 Å². The topological polar surface area (TPSA) is 62.5 Å². The van der Waals surface area contributed by atoms with Crippen molar-refractivity contribution in [3.8, 4) is 5.75 Å². The van der Waals surface area contributed by atoms with Gasteiger partial charge in [-0.1, -0.05) is 39.5 Å². The van der Waals surface area contributed by atoms with Gasteiger partial charge >= 0.3 is 5.63 Å². The van der Waals surface area contributed by atoms with E-state index in [9.17, 15) is 9.90 Å². The molecule has 0 aliphatic rings. The average Bonchev–Trinajstić information content (AvgIpc) is 2.37. The lowest BCUT2D eigenvalue weighted by Gasteiger charge is -2.08. The number of aromatic hydroxyl groups is 1. The second-order valence-corrected chi connectivity index (χ2v) is 4.85. The summed E-state index contributed by atoms with van der Waals surface area (Å²) in [5.74, 6) is 0.564. The van der Waals surface area contributed by atoms with Crippen molar-refractivity contribution in [2.75, 3.05) is 11.9 Å². The van der Waals surface area contributed by atoms with Gasteiger partial charge in [-0.3, -0.25) is 0 Å². The molecule has 0 saturated carbocycles. The molecule has 0 fully saturated rings. The molecule has 19 heavy (non-hydrogen) atoms. The lowest BCUT2D eigenvalue weighted by molar-refractivity contribution is 0.422. The van der Waals surface area contributed by atoms with Gasteiger partial charge in [-0.25, -0.2) is 4.79 Å². The molecule has 108 valence electrons. The van der Waals surface area contributed by atoms with Crippen LogP contribution < -0.4 is 10.9 Å². The molecule has 0 saturated heterocycles. The van der Waals surface area contributed by atoms with Crippen LogP contribution in [-0.2, 0) is 6.42 Å². The van der Waals surface area contributed by atoms with Gasteiger partial charge in [-0.15, -0.1) is 0 Å². The fourth-order valence-corrected chi connectivity index (χ4v) is 1.95. The average molecular weight is 267 g/mol. The lowest BCUT2D eigenvalue weighted by Crippen LogP contribution is -2.12. The first-order valence-corrected chi connectivity index (χ1v) is 7.28. The molecule has 0 aliphatic heterocycles. The maximum absolute atomic E-state index is 11.8. The third-order valence-electron chi connectivity index (χ3n) is 3.09. The normalized spacial score (nSPS) is 10.6. The number of unbranched alkanes of at least 4 members (excludes halogenated alkanes) is 4. The fraction of sp³-hybridized carbons (Fsp3) is 0.667. The van der Waals surface area contributed by atoms with Crippen molar-refractivity contribution in [2.24, 2.45) is 0 Å². The third kappa shape index (κ3) is 5.37. The van der Waals surface area contributed by atoms with Gasteiger partial charge in [-0.05, 0) is 12.8 Å². The summed E-state index contributed by atoms with van der Waals surface area (Å²) in [6.45, 7) is 4.93. The van der Waals surface area contributed by atoms with Gasteiger partial charge < -0.3 is 14.8 Å². The Hall–Kier alpha value is -1.45. The summed E-state index contributed by atoms with van der Waals surface area (Å²) in [5, 5.41) is 12.8. The van der Waals surface area contributed by atoms with Gasteiger partial charge in [0.1, 0.15) is 11.5 Å². The summed E-state index contributed by atoms with van der Waals surface area (Å²) in [6.07, 6.45) is 7.10. The van der Waals surface area contributed by atoms with Crippen molar-refractivity contribution >= 4 is 5.69 Å². The molecule has 1 aromatic rings. The van der Waals surface area contributed by atoms with Crippen molar-refractivity contribution in [3.63, 3.8) is 0 Å². The van der Waals surface area contributed by atoms with Crippen LogP contribution in [0.5, 0.6) is 5.75 Å². The standard InChI is InChI=1S/C15H25NO3/c1-3-5-7-9-12-11-13(17)14(15(18)19-12)16-10-8-6-4-2/h11,16-17H,3-10H2,1-2H3. The molecule has 0 spiro atoms. The largest absolute Gasteiger partial charge is 0.505 e. The van der Waals surface area contributed by atoms with Gasteiger partial charge in [0.15, 0.2) is 5.69 Å². The van der Waals surface area contributed by atoms with Crippen molar-refractivity contribution in [1.29, 1.82) is 0 Å². The minimum absolute atomic E-state index is 0.000697. The minimum Gasteiger partial charge on any atom is -0.505 e. The Kier molecular flexibility index (Phi) is 7.08. The second-order valence-electron chi connectivity index (χ2n) is 4.85. The van der Waals surface area contributed by atoms with Gasteiger partial charge in [0, 0.05) is 19.0 Å². The highest BCUT2D eigenvalue weighted by Crippen LogP contribution is 2.21. The molecule has 0 aromatic carbocycles. The van der Waals surface area contributed by atoms with Crippen molar-refractivity contribution in [3.05, 3.63) is 22.2 Å². The molecule has 0 radical (unpaired) electrons. The molecule has 0 unspecified atom stereocenters. The number of anilines is 1. The van der Waals surface area contributed by atoms with E-state index in [1.54, 1.807) is 6.07 Å². The van der Waals surface area contributed by atoms with Crippen LogP contribution in [0.3, 0.4) is 0 Å². The van der Waals surface area contributed by atoms with Gasteiger partial charge in [0.25, 0.3) is 0 Å².